The van der Waals surface area contributed by atoms with E-state index < -0.39 is 35.6 Å². The molecule has 0 radical (unpaired) electrons. The Morgan fingerprint density at radius 2 is 2.00 bits per heavy atom. The third kappa shape index (κ3) is 1.81. The summed E-state index contributed by atoms with van der Waals surface area (Å²) in [6.07, 6.45) is 0. The number of aromatic hydroxyl groups is 1. The van der Waals surface area contributed by atoms with E-state index in [0.717, 1.165) is 0 Å². The van der Waals surface area contributed by atoms with Crippen LogP contribution in [0.5, 0.6) is 5.75 Å². The molecule has 15 heavy (non-hydrogen) atoms. The highest BCUT2D eigenvalue weighted by Gasteiger charge is 2.11. The summed E-state index contributed by atoms with van der Waals surface area (Å²) in [5, 5.41) is 9.74. The van der Waals surface area contributed by atoms with Gasteiger partial charge in [-0.1, -0.05) is 35.8 Å². The predicted molar refractivity (Wildman–Crippen MR) is 58.5 cm³/mol. The van der Waals surface area contributed by atoms with E-state index in [1.54, 1.807) is 0 Å². The van der Waals surface area contributed by atoms with Crippen LogP contribution in [-0.2, 0) is 0 Å². The lowest BCUT2D eigenvalue weighted by Gasteiger charge is -2.07. The van der Waals surface area contributed by atoms with E-state index in [9.17, 15) is 9.50 Å². The van der Waals surface area contributed by atoms with Crippen LogP contribution < -0.4 is 0 Å². The van der Waals surface area contributed by atoms with Crippen LogP contribution in [0.15, 0.2) is 42.4 Å². The van der Waals surface area contributed by atoms with Crippen molar-refractivity contribution in [1.82, 2.24) is 0 Å². The molecule has 0 spiro atoms. The van der Waals surface area contributed by atoms with Crippen molar-refractivity contribution in [2.75, 3.05) is 0 Å². The molecular formula is C12H8ClFO. The molecule has 0 saturated heterocycles. The van der Waals surface area contributed by atoms with E-state index in [4.69, 9.17) is 17.1 Å². The molecule has 1 N–H and O–H groups in total. The lowest BCUT2D eigenvalue weighted by Crippen LogP contribution is -1.85. The number of rotatable bonds is 1. The van der Waals surface area contributed by atoms with Gasteiger partial charge in [0.25, 0.3) is 0 Å². The first kappa shape index (κ1) is 6.13. The molecule has 3 heteroatoms. The van der Waals surface area contributed by atoms with E-state index in [0.29, 0.717) is 0 Å². The normalized spacial score (nSPS) is 14.0. The van der Waals surface area contributed by atoms with Gasteiger partial charge in [0.1, 0.15) is 11.6 Å². The number of phenolic OH excluding ortho intramolecular Hbond substituents is 1. The first-order valence-electron chi connectivity index (χ1n) is 6.10. The van der Waals surface area contributed by atoms with Gasteiger partial charge in [0, 0.05) is 11.1 Å². The van der Waals surface area contributed by atoms with E-state index in [1.165, 1.54) is 18.2 Å². The van der Waals surface area contributed by atoms with Gasteiger partial charge in [-0.15, -0.1) is 0 Å². The minimum Gasteiger partial charge on any atom is -0.507 e. The van der Waals surface area contributed by atoms with E-state index in [-0.39, 0.29) is 16.3 Å². The Morgan fingerprint density at radius 1 is 1.27 bits per heavy atom. The molecular weight excluding hydrogens is 215 g/mol. The van der Waals surface area contributed by atoms with Gasteiger partial charge in [0.2, 0.25) is 0 Å². The van der Waals surface area contributed by atoms with Crippen molar-refractivity contribution >= 4 is 11.6 Å². The van der Waals surface area contributed by atoms with Crippen molar-refractivity contribution in [3.05, 3.63) is 53.2 Å². The van der Waals surface area contributed by atoms with Gasteiger partial charge < -0.3 is 5.11 Å². The third-order valence-electron chi connectivity index (χ3n) is 1.88. The van der Waals surface area contributed by atoms with E-state index in [2.05, 4.69) is 0 Å². The Balaban J connectivity index is 2.92. The molecule has 0 saturated carbocycles. The summed E-state index contributed by atoms with van der Waals surface area (Å²) in [5.74, 6) is -1.49. The molecule has 76 valence electrons. The van der Waals surface area contributed by atoms with Crippen LogP contribution in [0.4, 0.5) is 4.39 Å². The maximum atomic E-state index is 14.1. The lowest BCUT2D eigenvalue weighted by molar-refractivity contribution is 0.477. The highest BCUT2D eigenvalue weighted by molar-refractivity contribution is 6.33. The molecule has 0 unspecified atom stereocenters. The van der Waals surface area contributed by atoms with Crippen LogP contribution in [0.25, 0.3) is 11.1 Å². The second kappa shape index (κ2) is 3.91. The third-order valence-corrected chi connectivity index (χ3v) is 2.20. The molecule has 0 aliphatic rings. The summed E-state index contributed by atoms with van der Waals surface area (Å²) in [4.78, 5) is 0. The molecule has 0 aliphatic carbocycles. The van der Waals surface area contributed by atoms with Gasteiger partial charge in [-0.3, -0.25) is 0 Å². The van der Waals surface area contributed by atoms with E-state index >= 15 is 0 Å². The molecule has 0 atom stereocenters. The van der Waals surface area contributed by atoms with Gasteiger partial charge in [-0.25, -0.2) is 4.39 Å². The zero-order valence-electron chi connectivity index (χ0n) is 11.4. The number of hydrogen-bond donors (Lipinski definition) is 1. The fraction of sp³-hybridized carbons (Fsp3) is 0. The maximum Gasteiger partial charge on any atom is 0.131 e. The number of benzene rings is 2. The van der Waals surface area contributed by atoms with Gasteiger partial charge >= 0.3 is 0 Å². The largest absolute Gasteiger partial charge is 0.507 e. The predicted octanol–water partition coefficient (Wildman–Crippen LogP) is 3.85. The van der Waals surface area contributed by atoms with Crippen molar-refractivity contribution < 1.29 is 15.0 Å². The Labute approximate surface area is 97.4 Å². The molecule has 2 rings (SSSR count). The van der Waals surface area contributed by atoms with Crippen molar-refractivity contribution in [3.8, 4) is 16.9 Å². The second-order valence-electron chi connectivity index (χ2n) is 2.82. The maximum absolute atomic E-state index is 14.1. The van der Waals surface area contributed by atoms with E-state index in [1.807, 2.05) is 0 Å². The van der Waals surface area contributed by atoms with Gasteiger partial charge in [-0.2, -0.15) is 0 Å². The summed E-state index contributed by atoms with van der Waals surface area (Å²) < 4.78 is 44.1. The first-order valence-corrected chi connectivity index (χ1v) is 4.47. The van der Waals surface area contributed by atoms with Gasteiger partial charge in [-0.05, 0) is 18.2 Å². The average molecular weight is 227 g/mol. The number of phenols is 1. The van der Waals surface area contributed by atoms with Crippen LogP contribution >= 0.6 is 11.6 Å². The molecule has 0 bridgehead atoms. The Hall–Kier alpha value is -1.54. The van der Waals surface area contributed by atoms with Crippen LogP contribution in [0.1, 0.15) is 5.48 Å². The molecule has 0 heterocycles. The second-order valence-corrected chi connectivity index (χ2v) is 3.23. The Bertz CT molecular complexity index is 626. The fourth-order valence-electron chi connectivity index (χ4n) is 1.23. The monoisotopic (exact) mass is 226 g/mol. The topological polar surface area (TPSA) is 20.2 Å². The van der Waals surface area contributed by atoms with Crippen molar-refractivity contribution in [1.29, 1.82) is 0 Å². The summed E-state index contributed by atoms with van der Waals surface area (Å²) in [6, 6.07) is 1.49. The first-order chi connectivity index (χ1) is 8.86. The van der Waals surface area contributed by atoms with Crippen molar-refractivity contribution in [2.24, 2.45) is 0 Å². The summed E-state index contributed by atoms with van der Waals surface area (Å²) in [7, 11) is 0. The zero-order valence-corrected chi connectivity index (χ0v) is 8.19. The highest BCUT2D eigenvalue weighted by atomic mass is 35.5. The van der Waals surface area contributed by atoms with Crippen LogP contribution in [0.3, 0.4) is 0 Å². The molecule has 2 aromatic carbocycles. The van der Waals surface area contributed by atoms with Crippen LogP contribution in [0, 0.1) is 5.82 Å². The van der Waals surface area contributed by atoms with Crippen molar-refractivity contribution in [3.63, 3.8) is 0 Å². The quantitative estimate of drug-likeness (QED) is 0.783. The summed E-state index contributed by atoms with van der Waals surface area (Å²) in [5.41, 5.74) is -0.581. The zero-order chi connectivity index (χ0) is 14.3. The molecule has 0 aromatic heterocycles. The molecule has 1 nitrogen and oxygen atoms in total. The van der Waals surface area contributed by atoms with Crippen LogP contribution in [-0.4, -0.2) is 5.11 Å². The van der Waals surface area contributed by atoms with Crippen LogP contribution in [0.2, 0.25) is 5.02 Å². The minimum atomic E-state index is -1.14. The number of hydrogen-bond acceptors (Lipinski definition) is 1. The Kier molecular flexibility index (Phi) is 1.60. The van der Waals surface area contributed by atoms with Gasteiger partial charge in [0.15, 0.2) is 0 Å². The lowest BCUT2D eigenvalue weighted by atomic mass is 10.0. The van der Waals surface area contributed by atoms with Crippen molar-refractivity contribution in [2.45, 2.75) is 0 Å². The van der Waals surface area contributed by atoms with Gasteiger partial charge in [0.05, 0.1) is 10.5 Å². The Morgan fingerprint density at radius 3 is 2.73 bits per heavy atom. The number of halogens is 2. The summed E-state index contributed by atoms with van der Waals surface area (Å²) >= 11 is 5.87. The average Bonchev–Trinajstić information content (AvgIpc) is 2.37. The highest BCUT2D eigenvalue weighted by Crippen LogP contribution is 2.36. The molecule has 2 aromatic rings. The summed E-state index contributed by atoms with van der Waals surface area (Å²) in [6.45, 7) is 0. The molecule has 0 fully saturated rings. The molecule has 0 aliphatic heterocycles. The standard InChI is InChI=1S/C12H8ClFO/c13-9-5-3-7-11(15)12(9)8-4-1-2-6-10(8)14/h1-7,15H/i1D,2D,4D,6D. The fourth-order valence-corrected chi connectivity index (χ4v) is 1.49. The SMILES string of the molecule is [2H]c1c([2H])c([2H])c(-c2c(O)cccc2Cl)c(F)c1[2H]. The minimum absolute atomic E-state index is 0.00364. The smallest absolute Gasteiger partial charge is 0.131 e. The molecule has 0 amide bonds.